The van der Waals surface area contributed by atoms with Crippen molar-refractivity contribution in [3.63, 3.8) is 0 Å². The van der Waals surface area contributed by atoms with Crippen LogP contribution in [0.4, 0.5) is 26.3 Å². The Morgan fingerprint density at radius 3 is 1.15 bits per heavy atom. The highest BCUT2D eigenvalue weighted by Gasteiger charge is 2.80. The molecule has 0 unspecified atom stereocenters. The number of hydrogen-bond donors (Lipinski definition) is 0. The van der Waals surface area contributed by atoms with Crippen molar-refractivity contribution in [1.82, 2.24) is 0 Å². The van der Waals surface area contributed by atoms with Gasteiger partial charge >= 0.3 is 11.8 Å². The predicted molar refractivity (Wildman–Crippen MR) is 28.6 cm³/mol. The maximum Gasteiger partial charge on any atom is 0.359 e. The Hall–Kier alpha value is -0.470. The van der Waals surface area contributed by atoms with E-state index in [0.717, 1.165) is 0 Å². The first-order valence-electron chi connectivity index (χ1n) is 2.82. The lowest BCUT2D eigenvalue weighted by Crippen LogP contribution is -2.44. The summed E-state index contributed by atoms with van der Waals surface area (Å²) in [4.78, 5) is 0. The molecule has 0 bridgehead atoms. The van der Waals surface area contributed by atoms with E-state index in [1.54, 1.807) is 0 Å². The molecule has 0 aromatic heterocycles. The molecule has 1 rings (SSSR count). The van der Waals surface area contributed by atoms with Crippen LogP contribution in [-0.4, -0.2) is 31.3 Å². The monoisotopic (exact) mass is 228 g/mol. The van der Waals surface area contributed by atoms with Crippen molar-refractivity contribution in [2.75, 3.05) is 0 Å². The number of hydrogen-bond acceptors (Lipinski definition) is 2. The zero-order chi connectivity index (χ0) is 10.7. The summed E-state index contributed by atoms with van der Waals surface area (Å²) < 4.78 is 93.2. The quantitative estimate of drug-likeness (QED) is 0.585. The SMILES string of the molecule is O=S1(=O)[C@H](F)C(F)(F)C(F)(F)[C@@H]1F. The van der Waals surface area contributed by atoms with Crippen molar-refractivity contribution >= 4 is 9.84 Å². The molecule has 0 amide bonds. The fourth-order valence-electron chi connectivity index (χ4n) is 0.820. The summed E-state index contributed by atoms with van der Waals surface area (Å²) in [6, 6.07) is 0. The van der Waals surface area contributed by atoms with Crippen LogP contribution in [0.2, 0.25) is 0 Å². The lowest BCUT2D eigenvalue weighted by Gasteiger charge is -2.17. The maximum atomic E-state index is 12.2. The minimum Gasteiger partial charge on any atom is -0.223 e. The molecule has 0 aromatic rings. The molecule has 2 atom stereocenters. The number of sulfone groups is 1. The van der Waals surface area contributed by atoms with E-state index in [1.165, 1.54) is 0 Å². The van der Waals surface area contributed by atoms with Gasteiger partial charge < -0.3 is 0 Å². The first-order valence-corrected chi connectivity index (χ1v) is 4.43. The molecule has 0 radical (unpaired) electrons. The van der Waals surface area contributed by atoms with E-state index < -0.39 is 32.7 Å². The second-order valence-electron chi connectivity index (χ2n) is 2.47. The average molecular weight is 228 g/mol. The molecular weight excluding hydrogens is 226 g/mol. The first-order chi connectivity index (χ1) is 5.56. The van der Waals surface area contributed by atoms with Crippen LogP contribution < -0.4 is 0 Å². The molecule has 1 fully saturated rings. The van der Waals surface area contributed by atoms with Gasteiger partial charge in [-0.05, 0) is 0 Å². The van der Waals surface area contributed by atoms with Crippen LogP contribution in [0, 0.1) is 0 Å². The molecule has 1 saturated heterocycles. The molecule has 0 aromatic carbocycles. The maximum absolute atomic E-state index is 12.2. The standard InChI is InChI=1S/C4H2F6O2S/c5-1-3(7,8)4(9,10)2(6)13(1,11)12/h1-2H/t1-,2+. The summed E-state index contributed by atoms with van der Waals surface area (Å²) >= 11 is 0. The summed E-state index contributed by atoms with van der Waals surface area (Å²) in [5.41, 5.74) is -8.38. The smallest absolute Gasteiger partial charge is 0.223 e. The van der Waals surface area contributed by atoms with E-state index in [9.17, 15) is 34.8 Å². The zero-order valence-corrected chi connectivity index (χ0v) is 6.46. The molecule has 9 heteroatoms. The van der Waals surface area contributed by atoms with Crippen molar-refractivity contribution in [2.24, 2.45) is 0 Å². The van der Waals surface area contributed by atoms with Gasteiger partial charge in [-0.1, -0.05) is 0 Å². The largest absolute Gasteiger partial charge is 0.359 e. The molecule has 0 saturated carbocycles. The van der Waals surface area contributed by atoms with Gasteiger partial charge in [0.05, 0.1) is 0 Å². The van der Waals surface area contributed by atoms with Gasteiger partial charge in [-0.3, -0.25) is 0 Å². The minimum atomic E-state index is -5.75. The second kappa shape index (κ2) is 2.31. The molecule has 0 N–H and O–H groups in total. The van der Waals surface area contributed by atoms with E-state index in [2.05, 4.69) is 0 Å². The van der Waals surface area contributed by atoms with E-state index in [0.29, 0.717) is 0 Å². The fourth-order valence-corrected chi connectivity index (χ4v) is 2.17. The first kappa shape index (κ1) is 10.6. The molecule has 1 heterocycles. The van der Waals surface area contributed by atoms with Crippen LogP contribution in [0.1, 0.15) is 0 Å². The topological polar surface area (TPSA) is 34.1 Å². The van der Waals surface area contributed by atoms with Crippen molar-refractivity contribution in [3.05, 3.63) is 0 Å². The molecule has 13 heavy (non-hydrogen) atoms. The van der Waals surface area contributed by atoms with Gasteiger partial charge in [0.2, 0.25) is 9.84 Å². The Kier molecular flexibility index (Phi) is 1.88. The summed E-state index contributed by atoms with van der Waals surface area (Å²) in [6.07, 6.45) is 0. The fraction of sp³-hybridized carbons (Fsp3) is 1.00. The molecule has 0 spiro atoms. The molecular formula is C4H2F6O2S. The van der Waals surface area contributed by atoms with E-state index >= 15 is 0 Å². The normalized spacial score (nSPS) is 40.5. The molecule has 1 aliphatic rings. The molecule has 1 aliphatic heterocycles. The zero-order valence-electron chi connectivity index (χ0n) is 5.65. The Morgan fingerprint density at radius 2 is 1.08 bits per heavy atom. The van der Waals surface area contributed by atoms with Gasteiger partial charge in [0.25, 0.3) is 11.0 Å². The lowest BCUT2D eigenvalue weighted by atomic mass is 10.2. The highest BCUT2D eigenvalue weighted by atomic mass is 32.2. The summed E-state index contributed by atoms with van der Waals surface area (Å²) in [5, 5.41) is 0. The van der Waals surface area contributed by atoms with E-state index in [1.807, 2.05) is 0 Å². The van der Waals surface area contributed by atoms with Crippen LogP contribution in [0.25, 0.3) is 0 Å². The average Bonchev–Trinajstić information content (AvgIpc) is 2.05. The van der Waals surface area contributed by atoms with Crippen molar-refractivity contribution < 1.29 is 34.8 Å². The van der Waals surface area contributed by atoms with E-state index in [-0.39, 0.29) is 0 Å². The number of halogens is 6. The van der Waals surface area contributed by atoms with Crippen LogP contribution in [0.5, 0.6) is 0 Å². The second-order valence-corrected chi connectivity index (χ2v) is 4.47. The summed E-state index contributed by atoms with van der Waals surface area (Å²) in [6.45, 7) is 0. The minimum absolute atomic E-state index is 4.19. The third kappa shape index (κ3) is 0.990. The van der Waals surface area contributed by atoms with Crippen molar-refractivity contribution in [3.8, 4) is 0 Å². The third-order valence-corrected chi connectivity index (χ3v) is 3.34. The van der Waals surface area contributed by atoms with Gasteiger partial charge in [-0.25, -0.2) is 17.2 Å². The highest BCUT2D eigenvalue weighted by molar-refractivity contribution is 7.92. The third-order valence-electron chi connectivity index (χ3n) is 1.59. The van der Waals surface area contributed by atoms with Gasteiger partial charge in [-0.15, -0.1) is 0 Å². The predicted octanol–water partition coefficient (Wildman–Crippen LogP) is 1.28. The van der Waals surface area contributed by atoms with Crippen molar-refractivity contribution in [1.29, 1.82) is 0 Å². The van der Waals surface area contributed by atoms with E-state index in [4.69, 9.17) is 0 Å². The summed E-state index contributed by atoms with van der Waals surface area (Å²) in [5.74, 6) is -11.0. The van der Waals surface area contributed by atoms with Gasteiger partial charge in [-0.2, -0.15) is 17.6 Å². The molecule has 78 valence electrons. The van der Waals surface area contributed by atoms with Crippen LogP contribution >= 0.6 is 0 Å². The molecule has 2 nitrogen and oxygen atoms in total. The van der Waals surface area contributed by atoms with Crippen LogP contribution in [0.15, 0.2) is 0 Å². The summed E-state index contributed by atoms with van der Waals surface area (Å²) in [7, 11) is -5.75. The van der Waals surface area contributed by atoms with Crippen LogP contribution in [-0.2, 0) is 9.84 Å². The Balaban J connectivity index is 3.38. The highest BCUT2D eigenvalue weighted by Crippen LogP contribution is 2.52. The van der Waals surface area contributed by atoms with Gasteiger partial charge in [0.1, 0.15) is 0 Å². The lowest BCUT2D eigenvalue weighted by molar-refractivity contribution is -0.223. The molecule has 0 aliphatic carbocycles. The van der Waals surface area contributed by atoms with Crippen LogP contribution in [0.3, 0.4) is 0 Å². The van der Waals surface area contributed by atoms with Crippen molar-refractivity contribution in [2.45, 2.75) is 22.9 Å². The van der Waals surface area contributed by atoms with Gasteiger partial charge in [0, 0.05) is 0 Å². The number of alkyl halides is 6. The Bertz CT molecular complexity index is 296. The number of rotatable bonds is 0. The Morgan fingerprint density at radius 1 is 0.846 bits per heavy atom. The Labute approximate surface area is 68.4 Å². The van der Waals surface area contributed by atoms with Gasteiger partial charge in [0.15, 0.2) is 0 Å².